The van der Waals surface area contributed by atoms with Crippen molar-refractivity contribution in [1.29, 1.82) is 5.26 Å². The molecule has 1 aliphatic rings. The molecule has 0 radical (unpaired) electrons. The van der Waals surface area contributed by atoms with E-state index < -0.39 is 29.9 Å². The van der Waals surface area contributed by atoms with Crippen molar-refractivity contribution < 1.29 is 27.5 Å². The lowest BCUT2D eigenvalue weighted by Crippen LogP contribution is -2.50. The summed E-state index contributed by atoms with van der Waals surface area (Å²) in [6.07, 6.45) is -5.86. The summed E-state index contributed by atoms with van der Waals surface area (Å²) in [6, 6.07) is 3.77. The Hall–Kier alpha value is -3.02. The van der Waals surface area contributed by atoms with Crippen LogP contribution in [0.5, 0.6) is 0 Å². The summed E-state index contributed by atoms with van der Waals surface area (Å²) in [5.41, 5.74) is -1.52. The van der Waals surface area contributed by atoms with Crippen LogP contribution >= 0.6 is 0 Å². The number of hydrogen-bond acceptors (Lipinski definition) is 4. The van der Waals surface area contributed by atoms with Crippen molar-refractivity contribution >= 4 is 12.1 Å². The maximum Gasteiger partial charge on any atom is 0.418 e. The van der Waals surface area contributed by atoms with Gasteiger partial charge in [-0.2, -0.15) is 18.4 Å². The molecule has 0 aliphatic carbocycles. The van der Waals surface area contributed by atoms with Gasteiger partial charge in [0.2, 0.25) is 0 Å². The fraction of sp³-hybridized carbons (Fsp3) is 0.312. The molecule has 6 nitrogen and oxygen atoms in total. The standard InChI is InChI=1S/C16H14F3N3O3/c1-3-25-15(24)22-13(11(8-20)9(2)21-14(22)23)10-6-4-5-7-12(10)16(17,18)19/h4-7,13H,3H2,1-2H3,(H,21,23). The molecule has 1 unspecified atom stereocenters. The minimum Gasteiger partial charge on any atom is -0.449 e. The average Bonchev–Trinajstić information content (AvgIpc) is 2.53. The first kappa shape index (κ1) is 18.3. The zero-order valence-electron chi connectivity index (χ0n) is 13.3. The molecule has 1 aromatic rings. The molecular weight excluding hydrogens is 339 g/mol. The molecule has 1 N–H and O–H groups in total. The van der Waals surface area contributed by atoms with Crippen molar-refractivity contribution in [2.75, 3.05) is 6.61 Å². The van der Waals surface area contributed by atoms with Gasteiger partial charge in [0, 0.05) is 5.70 Å². The van der Waals surface area contributed by atoms with Crippen molar-refractivity contribution in [2.24, 2.45) is 0 Å². The Morgan fingerprint density at radius 3 is 2.60 bits per heavy atom. The van der Waals surface area contributed by atoms with Gasteiger partial charge in [0.15, 0.2) is 0 Å². The van der Waals surface area contributed by atoms with E-state index in [0.717, 1.165) is 12.1 Å². The summed E-state index contributed by atoms with van der Waals surface area (Å²) in [5.74, 6) is 0. The topological polar surface area (TPSA) is 82.4 Å². The molecule has 3 amide bonds. The number of nitriles is 1. The molecule has 0 aromatic heterocycles. The first-order chi connectivity index (χ1) is 11.7. The minimum atomic E-state index is -4.72. The number of hydrogen-bond donors (Lipinski definition) is 1. The molecule has 0 saturated carbocycles. The summed E-state index contributed by atoms with van der Waals surface area (Å²) in [7, 11) is 0. The summed E-state index contributed by atoms with van der Waals surface area (Å²) in [4.78, 5) is 24.9. The van der Waals surface area contributed by atoms with Gasteiger partial charge in [-0.05, 0) is 25.5 Å². The first-order valence-corrected chi connectivity index (χ1v) is 7.26. The quantitative estimate of drug-likeness (QED) is 0.878. The van der Waals surface area contributed by atoms with Gasteiger partial charge in [-0.15, -0.1) is 0 Å². The van der Waals surface area contributed by atoms with Crippen LogP contribution in [0.2, 0.25) is 0 Å². The summed E-state index contributed by atoms with van der Waals surface area (Å²) in [6.45, 7) is 2.79. The zero-order valence-corrected chi connectivity index (χ0v) is 13.3. The second-order valence-electron chi connectivity index (χ2n) is 5.14. The predicted molar refractivity (Wildman–Crippen MR) is 79.9 cm³/mol. The highest BCUT2D eigenvalue weighted by molar-refractivity contribution is 5.94. The Labute approximate surface area is 141 Å². The molecule has 25 heavy (non-hydrogen) atoms. The second kappa shape index (κ2) is 6.84. The van der Waals surface area contributed by atoms with Crippen molar-refractivity contribution in [3.63, 3.8) is 0 Å². The molecule has 0 bridgehead atoms. The van der Waals surface area contributed by atoms with Crippen molar-refractivity contribution in [2.45, 2.75) is 26.1 Å². The highest BCUT2D eigenvalue weighted by Gasteiger charge is 2.44. The second-order valence-corrected chi connectivity index (χ2v) is 5.14. The molecule has 1 atom stereocenters. The number of imide groups is 1. The van der Waals surface area contributed by atoms with E-state index >= 15 is 0 Å². The third kappa shape index (κ3) is 3.42. The van der Waals surface area contributed by atoms with E-state index in [0.29, 0.717) is 4.90 Å². The Kier molecular flexibility index (Phi) is 5.02. The van der Waals surface area contributed by atoms with Crippen LogP contribution in [0.25, 0.3) is 0 Å². The normalized spacial score (nSPS) is 17.8. The molecule has 9 heteroatoms. The van der Waals surface area contributed by atoms with Crippen LogP contribution in [0.3, 0.4) is 0 Å². The Balaban J connectivity index is 2.72. The van der Waals surface area contributed by atoms with E-state index in [1.807, 2.05) is 0 Å². The van der Waals surface area contributed by atoms with Crippen molar-refractivity contribution in [3.05, 3.63) is 46.7 Å². The number of rotatable bonds is 2. The Morgan fingerprint density at radius 1 is 1.40 bits per heavy atom. The van der Waals surface area contributed by atoms with Crippen LogP contribution in [-0.2, 0) is 10.9 Å². The predicted octanol–water partition coefficient (Wildman–Crippen LogP) is 3.73. The van der Waals surface area contributed by atoms with Crippen LogP contribution in [0, 0.1) is 11.3 Å². The molecular formula is C16H14F3N3O3. The molecule has 1 heterocycles. The van der Waals surface area contributed by atoms with Crippen LogP contribution in [0.15, 0.2) is 35.5 Å². The number of urea groups is 1. The van der Waals surface area contributed by atoms with Crippen LogP contribution in [0.4, 0.5) is 22.8 Å². The number of ether oxygens (including phenoxy) is 1. The van der Waals surface area contributed by atoms with E-state index in [1.54, 1.807) is 6.07 Å². The number of alkyl halides is 3. The van der Waals surface area contributed by atoms with Gasteiger partial charge in [0.25, 0.3) is 0 Å². The van der Waals surface area contributed by atoms with Gasteiger partial charge in [0.1, 0.15) is 6.04 Å². The van der Waals surface area contributed by atoms with Gasteiger partial charge in [-0.3, -0.25) is 0 Å². The van der Waals surface area contributed by atoms with E-state index in [-0.39, 0.29) is 23.4 Å². The SMILES string of the molecule is CCOC(=O)N1C(=O)NC(C)=C(C#N)C1c1ccccc1C(F)(F)F. The van der Waals surface area contributed by atoms with Crippen LogP contribution < -0.4 is 5.32 Å². The molecule has 0 spiro atoms. The third-order valence-electron chi connectivity index (χ3n) is 3.59. The van der Waals surface area contributed by atoms with E-state index in [4.69, 9.17) is 4.74 Å². The smallest absolute Gasteiger partial charge is 0.418 e. The van der Waals surface area contributed by atoms with Crippen LogP contribution in [0.1, 0.15) is 31.0 Å². The fourth-order valence-electron chi connectivity index (χ4n) is 2.55. The van der Waals surface area contributed by atoms with E-state index in [2.05, 4.69) is 5.32 Å². The number of carbonyl (C=O) groups is 2. The summed E-state index contributed by atoms with van der Waals surface area (Å²) < 4.78 is 44.9. The molecule has 1 aliphatic heterocycles. The van der Waals surface area contributed by atoms with Gasteiger partial charge in [-0.25, -0.2) is 14.5 Å². The highest BCUT2D eigenvalue weighted by Crippen LogP contribution is 2.41. The van der Waals surface area contributed by atoms with Crippen molar-refractivity contribution in [3.8, 4) is 6.07 Å². The lowest BCUT2D eigenvalue weighted by Gasteiger charge is -2.35. The number of allylic oxidation sites excluding steroid dienone is 1. The summed E-state index contributed by atoms with van der Waals surface area (Å²) >= 11 is 0. The minimum absolute atomic E-state index is 0.0787. The largest absolute Gasteiger partial charge is 0.449 e. The average molecular weight is 353 g/mol. The Bertz CT molecular complexity index is 781. The number of halogens is 3. The third-order valence-corrected chi connectivity index (χ3v) is 3.59. The maximum atomic E-state index is 13.4. The maximum absolute atomic E-state index is 13.4. The number of carbonyl (C=O) groups excluding carboxylic acids is 2. The lowest BCUT2D eigenvalue weighted by atomic mass is 9.91. The zero-order chi connectivity index (χ0) is 18.8. The van der Waals surface area contributed by atoms with Gasteiger partial charge < -0.3 is 10.1 Å². The van der Waals surface area contributed by atoms with Gasteiger partial charge in [-0.1, -0.05) is 18.2 Å². The molecule has 2 rings (SSSR count). The van der Waals surface area contributed by atoms with E-state index in [1.165, 1.54) is 26.0 Å². The molecule has 132 valence electrons. The Morgan fingerprint density at radius 2 is 2.04 bits per heavy atom. The van der Waals surface area contributed by atoms with Gasteiger partial charge >= 0.3 is 18.3 Å². The number of nitrogens with one attached hydrogen (secondary N) is 1. The van der Waals surface area contributed by atoms with Crippen molar-refractivity contribution in [1.82, 2.24) is 10.2 Å². The summed E-state index contributed by atoms with van der Waals surface area (Å²) in [5, 5.41) is 11.7. The van der Waals surface area contributed by atoms with Gasteiger partial charge in [0.05, 0.1) is 23.8 Å². The van der Waals surface area contributed by atoms with E-state index in [9.17, 15) is 28.0 Å². The fourth-order valence-corrected chi connectivity index (χ4v) is 2.55. The molecule has 0 fully saturated rings. The number of amides is 3. The monoisotopic (exact) mass is 353 g/mol. The number of benzene rings is 1. The molecule has 0 saturated heterocycles. The first-order valence-electron chi connectivity index (χ1n) is 7.26. The molecule has 1 aromatic carbocycles. The lowest BCUT2D eigenvalue weighted by molar-refractivity contribution is -0.138. The number of nitrogens with zero attached hydrogens (tertiary/aromatic N) is 2. The highest BCUT2D eigenvalue weighted by atomic mass is 19.4. The van der Waals surface area contributed by atoms with Crippen LogP contribution in [-0.4, -0.2) is 23.6 Å².